The Morgan fingerprint density at radius 3 is 2.42 bits per heavy atom. The lowest BCUT2D eigenvalue weighted by Gasteiger charge is -2.24. The van der Waals surface area contributed by atoms with Crippen LogP contribution < -0.4 is 10.1 Å². The number of alkyl halides is 3. The first-order valence-electron chi connectivity index (χ1n) is 8.02. The number of nitrogens with zero attached hydrogens (tertiary/aromatic N) is 1. The maximum absolute atomic E-state index is 12.6. The second-order valence-electron chi connectivity index (χ2n) is 6.01. The third-order valence-corrected chi connectivity index (χ3v) is 4.09. The van der Waals surface area contributed by atoms with E-state index in [1.165, 1.54) is 12.1 Å². The molecule has 0 aliphatic heterocycles. The molecule has 0 aliphatic rings. The van der Waals surface area contributed by atoms with Crippen molar-refractivity contribution >= 4 is 11.6 Å². The molecule has 0 aromatic heterocycles. The van der Waals surface area contributed by atoms with Crippen molar-refractivity contribution < 1.29 is 22.7 Å². The standard InChI is InChI=1S/C19H21F3N2O2/c1-13(18(25)23-16-5-4-6-17(11-16)26-3)24(2)12-14-7-9-15(10-8-14)19(20,21)22/h4-11,13H,12H2,1-3H3,(H,23,25)/t13-/m1/s1. The van der Waals surface area contributed by atoms with Gasteiger partial charge < -0.3 is 10.1 Å². The molecule has 2 rings (SSSR count). The Morgan fingerprint density at radius 1 is 1.19 bits per heavy atom. The van der Waals surface area contributed by atoms with Crippen molar-refractivity contribution in [1.82, 2.24) is 4.90 Å². The van der Waals surface area contributed by atoms with Gasteiger partial charge in [-0.3, -0.25) is 9.69 Å². The summed E-state index contributed by atoms with van der Waals surface area (Å²) in [7, 11) is 3.29. The van der Waals surface area contributed by atoms with Crippen LogP contribution in [0.5, 0.6) is 5.75 Å². The van der Waals surface area contributed by atoms with Gasteiger partial charge in [-0.05, 0) is 43.8 Å². The quantitative estimate of drug-likeness (QED) is 0.834. The molecule has 26 heavy (non-hydrogen) atoms. The molecule has 2 aromatic rings. The van der Waals surface area contributed by atoms with Crippen LogP contribution in [0.3, 0.4) is 0 Å². The Bertz CT molecular complexity index is 745. The number of carbonyl (C=O) groups excluding carboxylic acids is 1. The molecule has 2 aromatic carbocycles. The summed E-state index contributed by atoms with van der Waals surface area (Å²) in [6.45, 7) is 2.09. The van der Waals surface area contributed by atoms with Gasteiger partial charge in [0.2, 0.25) is 5.91 Å². The molecule has 0 unspecified atom stereocenters. The summed E-state index contributed by atoms with van der Waals surface area (Å²) < 4.78 is 42.9. The monoisotopic (exact) mass is 366 g/mol. The highest BCUT2D eigenvalue weighted by Gasteiger charge is 2.30. The first-order chi connectivity index (χ1) is 12.2. The topological polar surface area (TPSA) is 41.6 Å². The van der Waals surface area contributed by atoms with E-state index in [1.807, 2.05) is 0 Å². The summed E-state index contributed by atoms with van der Waals surface area (Å²) in [5.41, 5.74) is 0.623. The highest BCUT2D eigenvalue weighted by Crippen LogP contribution is 2.29. The maximum Gasteiger partial charge on any atom is 0.416 e. The van der Waals surface area contributed by atoms with Crippen LogP contribution in [0.2, 0.25) is 0 Å². The van der Waals surface area contributed by atoms with Crippen LogP contribution >= 0.6 is 0 Å². The van der Waals surface area contributed by atoms with E-state index in [0.717, 1.165) is 12.1 Å². The molecule has 1 atom stereocenters. The molecular weight excluding hydrogens is 345 g/mol. The van der Waals surface area contributed by atoms with Gasteiger partial charge in [-0.25, -0.2) is 0 Å². The fraction of sp³-hybridized carbons (Fsp3) is 0.316. The fourth-order valence-electron chi connectivity index (χ4n) is 2.37. The van der Waals surface area contributed by atoms with E-state index in [2.05, 4.69) is 5.32 Å². The molecule has 1 amide bonds. The SMILES string of the molecule is COc1cccc(NC(=O)[C@@H](C)N(C)Cc2ccc(C(F)(F)F)cc2)c1. The molecule has 0 fully saturated rings. The molecular formula is C19H21F3N2O2. The highest BCUT2D eigenvalue weighted by molar-refractivity contribution is 5.94. The largest absolute Gasteiger partial charge is 0.497 e. The van der Waals surface area contributed by atoms with Crippen LogP contribution in [0.1, 0.15) is 18.1 Å². The number of hydrogen-bond donors (Lipinski definition) is 1. The van der Waals surface area contributed by atoms with Gasteiger partial charge >= 0.3 is 6.18 Å². The van der Waals surface area contributed by atoms with Crippen molar-refractivity contribution in [3.8, 4) is 5.75 Å². The number of carbonyl (C=O) groups is 1. The number of anilines is 1. The van der Waals surface area contributed by atoms with Crippen molar-refractivity contribution in [1.29, 1.82) is 0 Å². The molecule has 0 spiro atoms. The summed E-state index contributed by atoms with van der Waals surface area (Å²) in [6.07, 6.45) is -4.35. The number of halogens is 3. The molecule has 0 bridgehead atoms. The van der Waals surface area contributed by atoms with Crippen LogP contribution in [0, 0.1) is 0 Å². The second kappa shape index (κ2) is 8.23. The lowest BCUT2D eigenvalue weighted by atomic mass is 10.1. The van der Waals surface area contributed by atoms with Crippen molar-refractivity contribution in [2.45, 2.75) is 25.7 Å². The first-order valence-corrected chi connectivity index (χ1v) is 8.02. The number of amides is 1. The minimum absolute atomic E-state index is 0.215. The third kappa shape index (κ3) is 5.23. The van der Waals surface area contributed by atoms with Crippen molar-refractivity contribution in [3.63, 3.8) is 0 Å². The van der Waals surface area contributed by atoms with Gasteiger partial charge in [-0.15, -0.1) is 0 Å². The molecule has 0 aliphatic carbocycles. The lowest BCUT2D eigenvalue weighted by Crippen LogP contribution is -2.39. The molecule has 0 radical (unpaired) electrons. The van der Waals surface area contributed by atoms with Gasteiger partial charge in [-0.1, -0.05) is 18.2 Å². The zero-order valence-electron chi connectivity index (χ0n) is 14.8. The van der Waals surface area contributed by atoms with E-state index in [-0.39, 0.29) is 5.91 Å². The van der Waals surface area contributed by atoms with Gasteiger partial charge in [0.25, 0.3) is 0 Å². The number of methoxy groups -OCH3 is 1. The van der Waals surface area contributed by atoms with Crippen molar-refractivity contribution in [2.24, 2.45) is 0 Å². The minimum Gasteiger partial charge on any atom is -0.497 e. The van der Waals surface area contributed by atoms with Crippen LogP contribution in [-0.4, -0.2) is 31.0 Å². The van der Waals surface area contributed by atoms with E-state index in [0.29, 0.717) is 23.5 Å². The fourth-order valence-corrected chi connectivity index (χ4v) is 2.37. The second-order valence-corrected chi connectivity index (χ2v) is 6.01. The normalized spacial score (nSPS) is 12.7. The van der Waals surface area contributed by atoms with Gasteiger partial charge in [0.1, 0.15) is 5.75 Å². The van der Waals surface area contributed by atoms with Crippen molar-refractivity contribution in [2.75, 3.05) is 19.5 Å². The van der Waals surface area contributed by atoms with Gasteiger partial charge in [0.15, 0.2) is 0 Å². The van der Waals surface area contributed by atoms with E-state index in [4.69, 9.17) is 4.74 Å². The van der Waals surface area contributed by atoms with Crippen molar-refractivity contribution in [3.05, 3.63) is 59.7 Å². The Morgan fingerprint density at radius 2 is 1.85 bits per heavy atom. The average molecular weight is 366 g/mol. The molecule has 4 nitrogen and oxygen atoms in total. The van der Waals surface area contributed by atoms with E-state index in [9.17, 15) is 18.0 Å². The van der Waals surface area contributed by atoms with Crippen LogP contribution in [0.25, 0.3) is 0 Å². The van der Waals surface area contributed by atoms with E-state index < -0.39 is 17.8 Å². The van der Waals surface area contributed by atoms with Crippen LogP contribution in [0.15, 0.2) is 48.5 Å². The van der Waals surface area contributed by atoms with E-state index in [1.54, 1.807) is 50.2 Å². The van der Waals surface area contributed by atoms with Crippen LogP contribution in [0.4, 0.5) is 18.9 Å². The number of hydrogen-bond acceptors (Lipinski definition) is 3. The Hall–Kier alpha value is -2.54. The number of likely N-dealkylation sites (N-methyl/N-ethyl adjacent to an activating group) is 1. The minimum atomic E-state index is -4.35. The zero-order valence-corrected chi connectivity index (χ0v) is 14.8. The number of benzene rings is 2. The summed E-state index contributed by atoms with van der Waals surface area (Å²) in [5, 5.41) is 2.80. The summed E-state index contributed by atoms with van der Waals surface area (Å²) in [6, 6.07) is 11.5. The molecule has 1 N–H and O–H groups in total. The molecule has 0 saturated carbocycles. The number of rotatable bonds is 6. The molecule has 140 valence electrons. The van der Waals surface area contributed by atoms with Gasteiger partial charge in [-0.2, -0.15) is 13.2 Å². The Labute approximate surface area is 150 Å². The first kappa shape index (κ1) is 19.8. The Balaban J connectivity index is 1.97. The molecule has 0 heterocycles. The molecule has 7 heteroatoms. The van der Waals surface area contributed by atoms with Crippen LogP contribution in [-0.2, 0) is 17.5 Å². The summed E-state index contributed by atoms with van der Waals surface area (Å²) >= 11 is 0. The summed E-state index contributed by atoms with van der Waals surface area (Å²) in [4.78, 5) is 14.1. The number of nitrogens with one attached hydrogen (secondary N) is 1. The average Bonchev–Trinajstić information content (AvgIpc) is 2.60. The Kier molecular flexibility index (Phi) is 6.26. The predicted molar refractivity (Wildman–Crippen MR) is 94.0 cm³/mol. The lowest BCUT2D eigenvalue weighted by molar-refractivity contribution is -0.137. The zero-order chi connectivity index (χ0) is 19.3. The smallest absolute Gasteiger partial charge is 0.416 e. The van der Waals surface area contributed by atoms with Gasteiger partial charge in [0.05, 0.1) is 18.7 Å². The predicted octanol–water partition coefficient (Wildman–Crippen LogP) is 4.17. The number of ether oxygens (including phenoxy) is 1. The van der Waals surface area contributed by atoms with Gasteiger partial charge in [0, 0.05) is 18.3 Å². The highest BCUT2D eigenvalue weighted by atomic mass is 19.4. The summed E-state index contributed by atoms with van der Waals surface area (Å²) in [5.74, 6) is 0.418. The third-order valence-electron chi connectivity index (χ3n) is 4.09. The maximum atomic E-state index is 12.6. The van der Waals surface area contributed by atoms with E-state index >= 15 is 0 Å². The molecule has 0 saturated heterocycles.